The first-order chi connectivity index (χ1) is 8.09. The van der Waals surface area contributed by atoms with E-state index in [0.717, 1.165) is 19.3 Å². The van der Waals surface area contributed by atoms with Gasteiger partial charge in [0.15, 0.2) is 0 Å². The van der Waals surface area contributed by atoms with Crippen molar-refractivity contribution in [3.63, 3.8) is 0 Å². The zero-order chi connectivity index (χ0) is 12.5. The summed E-state index contributed by atoms with van der Waals surface area (Å²) in [6, 6.07) is 0. The van der Waals surface area contributed by atoms with Crippen LogP contribution in [0.15, 0.2) is 0 Å². The highest BCUT2D eigenvalue weighted by atomic mass is 16.7. The van der Waals surface area contributed by atoms with Crippen LogP contribution in [0.5, 0.6) is 0 Å². The third kappa shape index (κ3) is 2.27. The first-order valence-electron chi connectivity index (χ1n) is 6.70. The number of carbonyl (C=O) groups excluding carboxylic acids is 1. The van der Waals surface area contributed by atoms with E-state index in [1.54, 1.807) is 14.0 Å². The Bertz CT molecular complexity index is 289. The number of ether oxygens (including phenoxy) is 2. The van der Waals surface area contributed by atoms with Crippen molar-refractivity contribution < 1.29 is 14.3 Å². The fourth-order valence-corrected chi connectivity index (χ4v) is 4.14. The molecule has 17 heavy (non-hydrogen) atoms. The predicted molar refractivity (Wildman–Crippen MR) is 65.6 cm³/mol. The average molecular weight is 240 g/mol. The summed E-state index contributed by atoms with van der Waals surface area (Å²) in [5, 5.41) is 0. The van der Waals surface area contributed by atoms with Crippen molar-refractivity contribution >= 4 is 5.78 Å². The number of rotatable bonds is 4. The fourth-order valence-electron chi connectivity index (χ4n) is 4.14. The average Bonchev–Trinajstić information content (AvgIpc) is 2.63. The van der Waals surface area contributed by atoms with Crippen LogP contribution in [0, 0.1) is 17.3 Å². The van der Waals surface area contributed by atoms with Crippen LogP contribution < -0.4 is 0 Å². The highest BCUT2D eigenvalue weighted by Crippen LogP contribution is 2.56. The molecule has 2 fully saturated rings. The number of Topliss-reactive ketones (excluding diaryl/α,β-unsaturated/α-hetero) is 1. The molecule has 2 saturated carbocycles. The second kappa shape index (κ2) is 5.07. The van der Waals surface area contributed by atoms with Crippen LogP contribution in [0.1, 0.15) is 46.0 Å². The quantitative estimate of drug-likeness (QED) is 0.709. The minimum Gasteiger partial charge on any atom is -0.359 e. The van der Waals surface area contributed by atoms with Gasteiger partial charge < -0.3 is 9.47 Å². The van der Waals surface area contributed by atoms with Crippen molar-refractivity contribution in [2.75, 3.05) is 13.9 Å². The van der Waals surface area contributed by atoms with Gasteiger partial charge in [-0.25, -0.2) is 0 Å². The Morgan fingerprint density at radius 2 is 2.12 bits per heavy atom. The van der Waals surface area contributed by atoms with Crippen molar-refractivity contribution in [3.8, 4) is 0 Å². The number of hydrogen-bond acceptors (Lipinski definition) is 3. The van der Waals surface area contributed by atoms with Gasteiger partial charge in [-0.15, -0.1) is 0 Å². The Morgan fingerprint density at radius 3 is 2.76 bits per heavy atom. The molecule has 0 saturated heterocycles. The lowest BCUT2D eigenvalue weighted by Crippen LogP contribution is -2.42. The molecule has 0 bridgehead atoms. The third-order valence-electron chi connectivity index (χ3n) is 4.95. The number of hydrogen-bond donors (Lipinski definition) is 0. The molecule has 0 radical (unpaired) electrons. The third-order valence-corrected chi connectivity index (χ3v) is 4.95. The van der Waals surface area contributed by atoms with Crippen LogP contribution in [0.4, 0.5) is 0 Å². The largest absolute Gasteiger partial charge is 0.359 e. The van der Waals surface area contributed by atoms with Crippen LogP contribution >= 0.6 is 0 Å². The van der Waals surface area contributed by atoms with Crippen LogP contribution in [0.25, 0.3) is 0 Å². The molecule has 0 unspecified atom stereocenters. The van der Waals surface area contributed by atoms with E-state index in [1.165, 1.54) is 12.8 Å². The lowest BCUT2D eigenvalue weighted by Gasteiger charge is -2.44. The maximum atomic E-state index is 11.8. The van der Waals surface area contributed by atoms with Gasteiger partial charge >= 0.3 is 0 Å². The van der Waals surface area contributed by atoms with Crippen molar-refractivity contribution in [3.05, 3.63) is 0 Å². The monoisotopic (exact) mass is 240 g/mol. The lowest BCUT2D eigenvalue weighted by atomic mass is 9.63. The molecule has 0 heterocycles. The number of ketones is 1. The molecule has 98 valence electrons. The van der Waals surface area contributed by atoms with Gasteiger partial charge in [-0.1, -0.05) is 13.3 Å². The van der Waals surface area contributed by atoms with Gasteiger partial charge in [-0.05, 0) is 43.9 Å². The summed E-state index contributed by atoms with van der Waals surface area (Å²) < 4.78 is 10.8. The molecule has 3 heteroatoms. The first kappa shape index (κ1) is 13.0. The Labute approximate surface area is 104 Å². The number of carbonyl (C=O) groups is 1. The summed E-state index contributed by atoms with van der Waals surface area (Å²) in [5.74, 6) is 1.16. The van der Waals surface area contributed by atoms with Gasteiger partial charge in [0, 0.05) is 13.0 Å². The van der Waals surface area contributed by atoms with E-state index >= 15 is 0 Å². The smallest absolute Gasteiger partial charge is 0.146 e. The zero-order valence-corrected chi connectivity index (χ0v) is 11.2. The molecule has 2 rings (SSSR count). The zero-order valence-electron chi connectivity index (χ0n) is 11.2. The van der Waals surface area contributed by atoms with E-state index in [9.17, 15) is 4.79 Å². The summed E-state index contributed by atoms with van der Waals surface area (Å²) in [7, 11) is 1.66. The second-order valence-electron chi connectivity index (χ2n) is 5.86. The molecule has 0 aliphatic heterocycles. The molecule has 0 N–H and O–H groups in total. The van der Waals surface area contributed by atoms with Crippen molar-refractivity contribution in [2.24, 2.45) is 17.3 Å². The Kier molecular flexibility index (Phi) is 3.88. The summed E-state index contributed by atoms with van der Waals surface area (Å²) in [6.45, 7) is 4.42. The predicted octanol–water partition coefficient (Wildman–Crippen LogP) is 2.78. The fraction of sp³-hybridized carbons (Fsp3) is 0.929. The van der Waals surface area contributed by atoms with Gasteiger partial charge in [0.1, 0.15) is 12.6 Å². The van der Waals surface area contributed by atoms with E-state index in [-0.39, 0.29) is 17.4 Å². The maximum Gasteiger partial charge on any atom is 0.146 e. The first-order valence-corrected chi connectivity index (χ1v) is 6.70. The van der Waals surface area contributed by atoms with Crippen molar-refractivity contribution in [2.45, 2.75) is 52.1 Å². The van der Waals surface area contributed by atoms with E-state index < -0.39 is 0 Å². The topological polar surface area (TPSA) is 35.5 Å². The number of methoxy groups -OCH3 is 1. The summed E-state index contributed by atoms with van der Waals surface area (Å²) in [6.07, 6.45) is 5.94. The van der Waals surface area contributed by atoms with E-state index in [2.05, 4.69) is 6.92 Å². The molecule has 2 aliphatic carbocycles. The minimum absolute atomic E-state index is 0.169. The molecule has 4 atom stereocenters. The highest BCUT2D eigenvalue weighted by Gasteiger charge is 2.53. The Hall–Kier alpha value is -0.410. The van der Waals surface area contributed by atoms with Gasteiger partial charge in [0.05, 0.1) is 6.10 Å². The maximum absolute atomic E-state index is 11.8. The Balaban J connectivity index is 2.10. The van der Waals surface area contributed by atoms with Crippen LogP contribution in [0.3, 0.4) is 0 Å². The molecular weight excluding hydrogens is 216 g/mol. The Morgan fingerprint density at radius 1 is 1.35 bits per heavy atom. The van der Waals surface area contributed by atoms with Crippen molar-refractivity contribution in [1.29, 1.82) is 0 Å². The van der Waals surface area contributed by atoms with Crippen LogP contribution in [-0.2, 0) is 14.3 Å². The molecule has 0 aromatic heterocycles. The van der Waals surface area contributed by atoms with Gasteiger partial charge in [-0.3, -0.25) is 4.79 Å². The van der Waals surface area contributed by atoms with Crippen molar-refractivity contribution in [1.82, 2.24) is 0 Å². The summed E-state index contributed by atoms with van der Waals surface area (Å²) in [4.78, 5) is 11.8. The van der Waals surface area contributed by atoms with Gasteiger partial charge in [0.2, 0.25) is 0 Å². The molecule has 2 aliphatic rings. The van der Waals surface area contributed by atoms with E-state index in [0.29, 0.717) is 18.5 Å². The molecule has 0 aromatic carbocycles. The van der Waals surface area contributed by atoms with Crippen LogP contribution in [-0.4, -0.2) is 25.8 Å². The molecule has 0 spiro atoms. The molecule has 0 aromatic rings. The summed E-state index contributed by atoms with van der Waals surface area (Å²) >= 11 is 0. The molecule has 3 nitrogen and oxygen atoms in total. The highest BCUT2D eigenvalue weighted by molar-refractivity contribution is 5.79. The number of fused-ring (bicyclic) bond motifs is 1. The van der Waals surface area contributed by atoms with E-state index in [4.69, 9.17) is 9.47 Å². The minimum atomic E-state index is 0.169. The standard InChI is InChI=1S/C14H24O3/c1-10(15)11-6-7-12-13(17-9-16-3)5-4-8-14(11,12)2/h11-13H,4-9H2,1-3H3/t11-,12+,13+,14-/m0/s1. The SMILES string of the molecule is COCO[C@@H]1CCC[C@]2(C)[C@@H]1CC[C@H]2C(C)=O. The van der Waals surface area contributed by atoms with E-state index in [1.807, 2.05) is 0 Å². The van der Waals surface area contributed by atoms with Crippen LogP contribution in [0.2, 0.25) is 0 Å². The molecular formula is C14H24O3. The van der Waals surface area contributed by atoms with Gasteiger partial charge in [0.25, 0.3) is 0 Å². The van der Waals surface area contributed by atoms with Gasteiger partial charge in [-0.2, -0.15) is 0 Å². The summed E-state index contributed by atoms with van der Waals surface area (Å²) in [5.41, 5.74) is 0.169. The molecule has 0 amide bonds. The lowest BCUT2D eigenvalue weighted by molar-refractivity contribution is -0.137. The second-order valence-corrected chi connectivity index (χ2v) is 5.86. The normalized spacial score (nSPS) is 41.2.